The number of carbonyl (C=O) groups is 2. The molecule has 1 unspecified atom stereocenters. The highest BCUT2D eigenvalue weighted by molar-refractivity contribution is 7.87. The fourth-order valence-electron chi connectivity index (χ4n) is 4.37. The van der Waals surface area contributed by atoms with E-state index < -0.39 is 27.6 Å². The molecule has 0 aromatic heterocycles. The molecule has 0 N–H and O–H groups in total. The molecule has 0 spiro atoms. The third kappa shape index (κ3) is 4.16. The van der Waals surface area contributed by atoms with Crippen molar-refractivity contribution in [3.63, 3.8) is 0 Å². The molecule has 3 aromatic rings. The molecule has 0 aliphatic carbocycles. The number of hydrogen-bond donors (Lipinski definition) is 0. The highest BCUT2D eigenvalue weighted by Crippen LogP contribution is 2.48. The van der Waals surface area contributed by atoms with Gasteiger partial charge in [0.15, 0.2) is 4.75 Å². The Kier molecular flexibility index (Phi) is 6.60. The van der Waals surface area contributed by atoms with E-state index in [1.54, 1.807) is 36.3 Å². The van der Waals surface area contributed by atoms with E-state index in [1.165, 1.54) is 7.11 Å². The monoisotopic (exact) mass is 463 g/mol. The average molecular weight is 464 g/mol. The van der Waals surface area contributed by atoms with Crippen molar-refractivity contribution in [1.82, 2.24) is 4.90 Å². The highest BCUT2D eigenvalue weighted by atomic mass is 32.2. The second-order valence-electron chi connectivity index (χ2n) is 7.82. The summed E-state index contributed by atoms with van der Waals surface area (Å²) in [6, 6.07) is 24.7. The van der Waals surface area contributed by atoms with Crippen molar-refractivity contribution in [2.24, 2.45) is 0 Å². The Labute approximate surface area is 195 Å². The van der Waals surface area contributed by atoms with Gasteiger partial charge in [-0.2, -0.15) is 0 Å². The molecule has 33 heavy (non-hydrogen) atoms. The Morgan fingerprint density at radius 1 is 0.970 bits per heavy atom. The Hall–Kier alpha value is -3.45. The van der Waals surface area contributed by atoms with Crippen LogP contribution in [0.15, 0.2) is 89.8 Å². The standard InChI is InChI=1S/C26H25NO5S/c1-31-21-13-15-22(16-14-21)33(30)26(25(29)32-2)17-23(28)27(18-19-9-5-3-6-10-19)24(26)20-11-7-4-8-12-20/h3-16,24H,17-18H2,1-2H3/t24-,26-,33?/m1/s1. The van der Waals surface area contributed by atoms with Crippen molar-refractivity contribution in [1.29, 1.82) is 0 Å². The largest absolute Gasteiger partial charge is 0.497 e. The van der Waals surface area contributed by atoms with Gasteiger partial charge in [0.2, 0.25) is 5.91 Å². The normalized spacial score (nSPS) is 21.0. The van der Waals surface area contributed by atoms with E-state index in [1.807, 2.05) is 60.7 Å². The van der Waals surface area contributed by atoms with Crippen molar-refractivity contribution in [3.8, 4) is 5.75 Å². The molecule has 3 atom stereocenters. The highest BCUT2D eigenvalue weighted by Gasteiger charge is 2.62. The Bertz CT molecular complexity index is 1150. The molecule has 0 bridgehead atoms. The maximum absolute atomic E-state index is 14.1. The molecule has 4 rings (SSSR count). The van der Waals surface area contributed by atoms with Crippen LogP contribution in [0.2, 0.25) is 0 Å². The molecule has 6 nitrogen and oxygen atoms in total. The minimum atomic E-state index is -1.88. The van der Waals surface area contributed by atoms with Crippen molar-refractivity contribution in [2.75, 3.05) is 14.2 Å². The zero-order valence-corrected chi connectivity index (χ0v) is 19.3. The molecule has 0 saturated carbocycles. The van der Waals surface area contributed by atoms with E-state index in [2.05, 4.69) is 0 Å². The molecule has 3 aromatic carbocycles. The molecule has 1 amide bonds. The van der Waals surface area contributed by atoms with Crippen LogP contribution >= 0.6 is 0 Å². The number of nitrogens with zero attached hydrogens (tertiary/aromatic N) is 1. The minimum Gasteiger partial charge on any atom is -0.497 e. The molecule has 0 radical (unpaired) electrons. The Morgan fingerprint density at radius 2 is 1.58 bits per heavy atom. The number of esters is 1. The number of hydrogen-bond acceptors (Lipinski definition) is 5. The van der Waals surface area contributed by atoms with Crippen LogP contribution in [-0.4, -0.2) is 40.0 Å². The molecule has 1 heterocycles. The molecule has 1 fully saturated rings. The fraction of sp³-hybridized carbons (Fsp3) is 0.231. The van der Waals surface area contributed by atoms with Gasteiger partial charge < -0.3 is 14.4 Å². The van der Waals surface area contributed by atoms with Crippen molar-refractivity contribution < 1.29 is 23.3 Å². The van der Waals surface area contributed by atoms with E-state index in [0.29, 0.717) is 10.6 Å². The van der Waals surface area contributed by atoms with Crippen LogP contribution in [0.3, 0.4) is 0 Å². The second kappa shape index (κ2) is 9.58. The van der Waals surface area contributed by atoms with Crippen LogP contribution in [-0.2, 0) is 31.7 Å². The number of amides is 1. The lowest BCUT2D eigenvalue weighted by Gasteiger charge is -2.35. The topological polar surface area (TPSA) is 72.9 Å². The minimum absolute atomic E-state index is 0.218. The van der Waals surface area contributed by atoms with Crippen LogP contribution in [0, 0.1) is 0 Å². The quantitative estimate of drug-likeness (QED) is 0.497. The summed E-state index contributed by atoms with van der Waals surface area (Å²) < 4.78 is 22.9. The number of benzene rings is 3. The van der Waals surface area contributed by atoms with Gasteiger partial charge in [-0.05, 0) is 35.4 Å². The number of rotatable bonds is 7. The van der Waals surface area contributed by atoms with Crippen LogP contribution < -0.4 is 4.74 Å². The summed E-state index contributed by atoms with van der Waals surface area (Å²) in [5.74, 6) is -0.315. The number of likely N-dealkylation sites (tertiary alicyclic amines) is 1. The smallest absolute Gasteiger partial charge is 0.328 e. The number of methoxy groups -OCH3 is 2. The molecule has 1 saturated heterocycles. The van der Waals surface area contributed by atoms with Gasteiger partial charge in [-0.3, -0.25) is 13.8 Å². The van der Waals surface area contributed by atoms with Gasteiger partial charge in [0.05, 0.1) is 37.5 Å². The second-order valence-corrected chi connectivity index (χ2v) is 9.56. The van der Waals surface area contributed by atoms with E-state index >= 15 is 0 Å². The first-order chi connectivity index (χ1) is 16.0. The predicted molar refractivity (Wildman–Crippen MR) is 125 cm³/mol. The number of carbonyl (C=O) groups excluding carboxylic acids is 2. The lowest BCUT2D eigenvalue weighted by Crippen LogP contribution is -2.48. The Morgan fingerprint density at radius 3 is 2.15 bits per heavy atom. The van der Waals surface area contributed by atoms with Gasteiger partial charge in [0.1, 0.15) is 5.75 Å². The van der Waals surface area contributed by atoms with E-state index in [-0.39, 0.29) is 18.9 Å². The first-order valence-corrected chi connectivity index (χ1v) is 11.7. The van der Waals surface area contributed by atoms with Crippen LogP contribution in [0.4, 0.5) is 0 Å². The Balaban J connectivity index is 1.86. The van der Waals surface area contributed by atoms with Crippen LogP contribution in [0.25, 0.3) is 0 Å². The molecule has 1 aliphatic rings. The van der Waals surface area contributed by atoms with Crippen LogP contribution in [0.1, 0.15) is 23.6 Å². The van der Waals surface area contributed by atoms with Gasteiger partial charge in [-0.15, -0.1) is 0 Å². The molecular weight excluding hydrogens is 438 g/mol. The third-order valence-electron chi connectivity index (χ3n) is 5.93. The van der Waals surface area contributed by atoms with Crippen LogP contribution in [0.5, 0.6) is 5.75 Å². The summed E-state index contributed by atoms with van der Waals surface area (Å²) in [4.78, 5) is 28.8. The maximum Gasteiger partial charge on any atom is 0.328 e. The van der Waals surface area contributed by atoms with Gasteiger partial charge in [0, 0.05) is 11.4 Å². The fourth-order valence-corrected chi connectivity index (χ4v) is 6.13. The zero-order valence-electron chi connectivity index (χ0n) is 18.5. The molecular formula is C26H25NO5S. The molecule has 7 heteroatoms. The van der Waals surface area contributed by atoms with Gasteiger partial charge >= 0.3 is 5.97 Å². The lowest BCUT2D eigenvalue weighted by molar-refractivity contribution is -0.144. The summed E-state index contributed by atoms with van der Waals surface area (Å²) in [6.07, 6.45) is -0.218. The summed E-state index contributed by atoms with van der Waals surface area (Å²) in [6.45, 7) is 0.289. The van der Waals surface area contributed by atoms with Crippen molar-refractivity contribution in [3.05, 3.63) is 96.1 Å². The first kappa shape index (κ1) is 22.7. The van der Waals surface area contributed by atoms with Gasteiger partial charge in [-0.25, -0.2) is 0 Å². The summed E-state index contributed by atoms with van der Waals surface area (Å²) in [5, 5.41) is 0. The predicted octanol–water partition coefficient (Wildman–Crippen LogP) is 3.89. The summed E-state index contributed by atoms with van der Waals surface area (Å²) in [7, 11) is 0.932. The number of ether oxygens (including phenoxy) is 2. The maximum atomic E-state index is 14.1. The van der Waals surface area contributed by atoms with E-state index in [4.69, 9.17) is 9.47 Å². The average Bonchev–Trinajstić information content (AvgIpc) is 3.16. The SMILES string of the molecule is COC(=O)[C@@]1(S(=O)c2ccc(OC)cc2)CC(=O)N(Cc2ccccc2)[C@@H]1c1ccccc1. The first-order valence-electron chi connectivity index (χ1n) is 10.5. The lowest BCUT2D eigenvalue weighted by atomic mass is 9.92. The van der Waals surface area contributed by atoms with Crippen molar-refractivity contribution >= 4 is 22.7 Å². The summed E-state index contributed by atoms with van der Waals surface area (Å²) >= 11 is 0. The van der Waals surface area contributed by atoms with Gasteiger partial charge in [0.25, 0.3) is 0 Å². The molecule has 170 valence electrons. The summed E-state index contributed by atoms with van der Waals surface area (Å²) in [5.41, 5.74) is 1.65. The van der Waals surface area contributed by atoms with E-state index in [0.717, 1.165) is 11.1 Å². The molecule has 1 aliphatic heterocycles. The van der Waals surface area contributed by atoms with Crippen molar-refractivity contribution in [2.45, 2.75) is 28.6 Å². The van der Waals surface area contributed by atoms with E-state index in [9.17, 15) is 13.8 Å². The zero-order chi connectivity index (χ0) is 23.4. The third-order valence-corrected chi connectivity index (χ3v) is 7.83. The van der Waals surface area contributed by atoms with Gasteiger partial charge in [-0.1, -0.05) is 60.7 Å².